The van der Waals surface area contributed by atoms with Gasteiger partial charge in [-0.1, -0.05) is 149 Å². The van der Waals surface area contributed by atoms with Crippen molar-refractivity contribution in [2.24, 2.45) is 0 Å². The van der Waals surface area contributed by atoms with Crippen molar-refractivity contribution in [1.82, 2.24) is 4.57 Å². The molecule has 1 aliphatic heterocycles. The van der Waals surface area contributed by atoms with E-state index in [0.29, 0.717) is 0 Å². The molecule has 0 unspecified atom stereocenters. The van der Waals surface area contributed by atoms with Crippen molar-refractivity contribution in [2.45, 2.75) is 58.3 Å². The molecule has 0 saturated carbocycles. The van der Waals surface area contributed by atoms with Crippen LogP contribution < -0.4 is 20.5 Å². The van der Waals surface area contributed by atoms with Crippen LogP contribution in [0.3, 0.4) is 0 Å². The van der Waals surface area contributed by atoms with E-state index < -0.39 is 0 Å². The molecule has 0 radical (unpaired) electrons. The predicted octanol–water partition coefficient (Wildman–Crippen LogP) is 16.1. The number of thiophene rings is 1. The minimum absolute atomic E-state index is 0.0817. The Kier molecular flexibility index (Phi) is 9.23. The Morgan fingerprint density at radius 2 is 1.25 bits per heavy atom. The summed E-state index contributed by atoms with van der Waals surface area (Å²) in [5.41, 5.74) is 20.2. The average Bonchev–Trinajstić information content (AvgIpc) is 3.92. The van der Waals surface area contributed by atoms with Crippen LogP contribution in [0.1, 0.15) is 57.2 Å². The quantitative estimate of drug-likeness (QED) is 0.161. The fraction of sp³-hybridized carbons (Fsp3) is 0.143. The summed E-state index contributed by atoms with van der Waals surface area (Å²) in [4.78, 5) is 2.38. The van der Waals surface area contributed by atoms with Gasteiger partial charge in [-0.3, -0.25) is 0 Å². The van der Waals surface area contributed by atoms with Crippen LogP contribution in [0.4, 0.5) is 28.4 Å². The molecule has 11 aromatic rings. The first-order valence-corrected chi connectivity index (χ1v) is 25.0. The van der Waals surface area contributed by atoms with Gasteiger partial charge in [-0.15, -0.1) is 11.3 Å². The molecule has 13 rings (SSSR count). The normalized spacial score (nSPS) is 14.5. The van der Waals surface area contributed by atoms with Crippen molar-refractivity contribution in [3.63, 3.8) is 0 Å². The number of fused-ring (bicyclic) bond motifs is 10. The lowest BCUT2D eigenvalue weighted by Crippen LogP contribution is -2.35. The minimum Gasteiger partial charge on any atom is -0.355 e. The van der Waals surface area contributed by atoms with Gasteiger partial charge in [0.25, 0.3) is 0 Å². The molecule has 1 N–H and O–H groups in total. The van der Waals surface area contributed by atoms with Gasteiger partial charge < -0.3 is 14.8 Å². The molecule has 68 heavy (non-hydrogen) atoms. The van der Waals surface area contributed by atoms with E-state index in [1.54, 1.807) is 0 Å². The Morgan fingerprint density at radius 1 is 0.559 bits per heavy atom. The van der Waals surface area contributed by atoms with Crippen molar-refractivity contribution in [1.29, 1.82) is 0 Å². The highest BCUT2D eigenvalue weighted by Crippen LogP contribution is 2.49. The molecule has 5 heteroatoms. The Bertz CT molecular complexity index is 3770. The number of para-hydroxylation sites is 2. The highest BCUT2D eigenvalue weighted by molar-refractivity contribution is 7.29. The van der Waals surface area contributed by atoms with Crippen LogP contribution in [-0.2, 0) is 10.8 Å². The van der Waals surface area contributed by atoms with E-state index in [0.717, 1.165) is 35.7 Å². The Labute approximate surface area is 403 Å². The number of aryl methyl sites for hydroxylation is 1. The Hall–Kier alpha value is -7.34. The van der Waals surface area contributed by atoms with Crippen molar-refractivity contribution < 1.29 is 0 Å². The van der Waals surface area contributed by atoms with E-state index in [1.165, 1.54) is 110 Å². The second kappa shape index (κ2) is 15.3. The topological polar surface area (TPSA) is 20.2 Å². The maximum atomic E-state index is 4.12. The number of benzene rings is 9. The summed E-state index contributed by atoms with van der Waals surface area (Å²) in [6.07, 6.45) is 2.35. The lowest BCUT2D eigenvalue weighted by Gasteiger charge is -2.42. The van der Waals surface area contributed by atoms with Crippen molar-refractivity contribution in [3.8, 4) is 27.9 Å². The van der Waals surface area contributed by atoms with Crippen molar-refractivity contribution >= 4 is 100.0 Å². The van der Waals surface area contributed by atoms with Crippen LogP contribution in [0, 0.1) is 6.92 Å². The summed E-state index contributed by atoms with van der Waals surface area (Å²) in [5.74, 6) is 0. The molecule has 2 aromatic heterocycles. The zero-order chi connectivity index (χ0) is 45.9. The van der Waals surface area contributed by atoms with Gasteiger partial charge >= 0.3 is 0 Å². The number of nitrogens with one attached hydrogen (secondary N) is 1. The minimum atomic E-state index is 0.0817. The molecule has 3 nitrogen and oxygen atoms in total. The van der Waals surface area contributed by atoms with Gasteiger partial charge in [0.2, 0.25) is 7.28 Å². The van der Waals surface area contributed by atoms with Crippen LogP contribution in [0.25, 0.3) is 70.6 Å². The highest BCUT2D eigenvalue weighted by Gasteiger charge is 2.37. The fourth-order valence-electron chi connectivity index (χ4n) is 11.8. The standard InChI is InChI=1S/C63H52BN3S/c1-39-35-49(58-60-56(39)57-47-24-16-15-19-41(47)25-31-54(57)67(60)59-50-36-42(40-17-9-6-10-18-40)26-32-55(50)68-61(59)64-58)48-29-28-46(66(44-20-11-7-12-21-44)45-22-13-8-14-23-45)38-53(48)65-43-27-30-51-52(37-43)63(4,5)34-33-62(51,2)3/h6-32,35-38,64-65H,33-34H2,1-5H3. The van der Waals surface area contributed by atoms with Crippen LogP contribution in [-0.4, -0.2) is 11.8 Å². The molecule has 0 amide bonds. The first-order chi connectivity index (χ1) is 33.1. The number of hydrogen-bond acceptors (Lipinski definition) is 3. The Morgan fingerprint density at radius 3 is 2.00 bits per heavy atom. The zero-order valence-electron chi connectivity index (χ0n) is 39.3. The molecule has 328 valence electrons. The Balaban J connectivity index is 1.08. The summed E-state index contributed by atoms with van der Waals surface area (Å²) in [7, 11) is 0.846. The van der Waals surface area contributed by atoms with E-state index in [9.17, 15) is 0 Å². The maximum Gasteiger partial charge on any atom is 0.211 e. The second-order valence-corrected chi connectivity index (χ2v) is 21.6. The van der Waals surface area contributed by atoms with E-state index in [4.69, 9.17) is 0 Å². The summed E-state index contributed by atoms with van der Waals surface area (Å²) in [6.45, 7) is 12.0. The van der Waals surface area contributed by atoms with Gasteiger partial charge in [-0.05, 0) is 152 Å². The average molecular weight is 894 g/mol. The largest absolute Gasteiger partial charge is 0.355 e. The second-order valence-electron chi connectivity index (χ2n) is 20.5. The SMILES string of the molecule is Cc1cc(-c2ccc(N(c3ccccc3)c3ccccc3)cc2Nc2ccc3c(c2)C(C)(C)CCC3(C)C)c2c3c1c1c4ccccc4ccc1n3-c1c(sc3ccc(-c4ccccc4)cc13)B2. The summed E-state index contributed by atoms with van der Waals surface area (Å²) >= 11 is 1.95. The van der Waals surface area contributed by atoms with E-state index in [-0.39, 0.29) is 10.8 Å². The lowest BCUT2D eigenvalue weighted by molar-refractivity contribution is 0.332. The van der Waals surface area contributed by atoms with Crippen LogP contribution in [0.15, 0.2) is 188 Å². The van der Waals surface area contributed by atoms with Gasteiger partial charge in [0.1, 0.15) is 0 Å². The van der Waals surface area contributed by atoms with E-state index in [2.05, 4.69) is 237 Å². The van der Waals surface area contributed by atoms with Crippen molar-refractivity contribution in [2.75, 3.05) is 10.2 Å². The number of nitrogens with zero attached hydrogens (tertiary/aromatic N) is 2. The molecule has 0 spiro atoms. The summed E-state index contributed by atoms with van der Waals surface area (Å²) in [6, 6.07) is 69.9. The number of hydrogen-bond donors (Lipinski definition) is 1. The zero-order valence-corrected chi connectivity index (χ0v) is 40.1. The molecular weight excluding hydrogens is 842 g/mol. The number of rotatable bonds is 7. The monoisotopic (exact) mass is 893 g/mol. The van der Waals surface area contributed by atoms with Gasteiger partial charge in [-0.25, -0.2) is 0 Å². The van der Waals surface area contributed by atoms with Crippen LogP contribution in [0.5, 0.6) is 0 Å². The molecule has 2 aliphatic rings. The maximum absolute atomic E-state index is 4.12. The molecule has 3 heterocycles. The first kappa shape index (κ1) is 40.9. The third-order valence-corrected chi connectivity index (χ3v) is 16.5. The third-order valence-electron chi connectivity index (χ3n) is 15.3. The lowest BCUT2D eigenvalue weighted by atomic mass is 9.62. The fourth-order valence-corrected chi connectivity index (χ4v) is 13.0. The van der Waals surface area contributed by atoms with Gasteiger partial charge in [0.15, 0.2) is 0 Å². The molecule has 0 saturated heterocycles. The summed E-state index contributed by atoms with van der Waals surface area (Å²) in [5, 5.41) is 10.7. The van der Waals surface area contributed by atoms with Gasteiger partial charge in [0.05, 0.1) is 11.2 Å². The highest BCUT2D eigenvalue weighted by atomic mass is 32.1. The van der Waals surface area contributed by atoms with Crippen LogP contribution in [0.2, 0.25) is 0 Å². The smallest absolute Gasteiger partial charge is 0.211 e. The number of aromatic nitrogens is 1. The molecule has 0 atom stereocenters. The van der Waals surface area contributed by atoms with Gasteiger partial charge in [-0.2, -0.15) is 0 Å². The van der Waals surface area contributed by atoms with Gasteiger partial charge in [0, 0.05) is 60.4 Å². The molecule has 9 aromatic carbocycles. The summed E-state index contributed by atoms with van der Waals surface area (Å²) < 4.78 is 5.37. The molecule has 0 fully saturated rings. The third kappa shape index (κ3) is 6.39. The molecular formula is C63H52BN3S. The van der Waals surface area contributed by atoms with Crippen LogP contribution >= 0.6 is 11.3 Å². The number of anilines is 5. The van der Waals surface area contributed by atoms with E-state index in [1.807, 2.05) is 11.3 Å². The van der Waals surface area contributed by atoms with E-state index >= 15 is 0 Å². The molecule has 1 aliphatic carbocycles. The van der Waals surface area contributed by atoms with Crippen molar-refractivity contribution in [3.05, 3.63) is 205 Å². The molecule has 0 bridgehead atoms. The predicted molar refractivity (Wildman–Crippen MR) is 295 cm³/mol. The first-order valence-electron chi connectivity index (χ1n) is 24.2.